The summed E-state index contributed by atoms with van der Waals surface area (Å²) in [6.07, 6.45) is 7.26. The lowest BCUT2D eigenvalue weighted by Crippen LogP contribution is -2.25. The van der Waals surface area contributed by atoms with E-state index >= 15 is 0 Å². The highest BCUT2D eigenvalue weighted by Crippen LogP contribution is 2.36. The van der Waals surface area contributed by atoms with E-state index in [4.69, 9.17) is 29.1 Å². The third-order valence-electron chi connectivity index (χ3n) is 5.41. The van der Waals surface area contributed by atoms with Gasteiger partial charge in [-0.3, -0.25) is 15.2 Å². The van der Waals surface area contributed by atoms with Crippen molar-refractivity contribution >= 4 is 34.0 Å². The zero-order chi connectivity index (χ0) is 28.5. The van der Waals surface area contributed by atoms with Crippen LogP contribution in [0.5, 0.6) is 28.9 Å². The molecular formula is C27H27N7O6. The van der Waals surface area contributed by atoms with Gasteiger partial charge in [0.2, 0.25) is 5.88 Å². The summed E-state index contributed by atoms with van der Waals surface area (Å²) >= 11 is 0. The molecule has 0 spiro atoms. The Bertz CT molecular complexity index is 1540. The zero-order valence-corrected chi connectivity index (χ0v) is 22.2. The molecule has 13 nitrogen and oxygen atoms in total. The van der Waals surface area contributed by atoms with Crippen molar-refractivity contribution in [3.05, 3.63) is 67.2 Å². The highest BCUT2D eigenvalue weighted by Gasteiger charge is 2.18. The molecule has 3 aromatic heterocycles. The van der Waals surface area contributed by atoms with E-state index in [2.05, 4.69) is 30.6 Å². The van der Waals surface area contributed by atoms with Crippen molar-refractivity contribution in [1.82, 2.24) is 19.9 Å². The third kappa shape index (κ3) is 6.32. The van der Waals surface area contributed by atoms with Gasteiger partial charge in [0.15, 0.2) is 23.0 Å². The number of anilines is 2. The Balaban J connectivity index is 1.45. The predicted octanol–water partition coefficient (Wildman–Crippen LogP) is 4.19. The van der Waals surface area contributed by atoms with Crippen molar-refractivity contribution < 1.29 is 28.5 Å². The van der Waals surface area contributed by atoms with Gasteiger partial charge in [-0.05, 0) is 31.2 Å². The van der Waals surface area contributed by atoms with Crippen LogP contribution in [0, 0.1) is 5.41 Å². The maximum Gasteiger partial charge on any atom is 0.278 e. The molecule has 0 radical (unpaired) electrons. The third-order valence-corrected chi connectivity index (χ3v) is 5.41. The van der Waals surface area contributed by atoms with Gasteiger partial charge in [-0.25, -0.2) is 9.97 Å². The molecule has 1 aromatic carbocycles. The molecule has 3 heterocycles. The van der Waals surface area contributed by atoms with E-state index in [0.717, 1.165) is 5.39 Å². The number of nitrogens with zero attached hydrogens (tertiary/aromatic N) is 4. The minimum Gasteiger partial charge on any atom is -0.493 e. The van der Waals surface area contributed by atoms with E-state index in [1.807, 2.05) is 0 Å². The second kappa shape index (κ2) is 12.9. The van der Waals surface area contributed by atoms with E-state index in [9.17, 15) is 4.79 Å². The zero-order valence-electron chi connectivity index (χ0n) is 22.2. The van der Waals surface area contributed by atoms with Crippen LogP contribution in [0.25, 0.3) is 10.9 Å². The van der Waals surface area contributed by atoms with Gasteiger partial charge in [-0.1, -0.05) is 0 Å². The van der Waals surface area contributed by atoms with Crippen LogP contribution < -0.4 is 29.6 Å². The summed E-state index contributed by atoms with van der Waals surface area (Å²) in [7, 11) is 4.57. The Morgan fingerprint density at radius 2 is 1.77 bits per heavy atom. The van der Waals surface area contributed by atoms with E-state index in [1.165, 1.54) is 32.0 Å². The number of ether oxygens (including phenoxy) is 5. The maximum absolute atomic E-state index is 12.8. The summed E-state index contributed by atoms with van der Waals surface area (Å²) in [5.41, 5.74) is 0.684. The topological polar surface area (TPSA) is 163 Å². The summed E-state index contributed by atoms with van der Waals surface area (Å²) in [5, 5.41) is 14.5. The first-order chi connectivity index (χ1) is 19.5. The van der Waals surface area contributed by atoms with Crippen LogP contribution in [0.3, 0.4) is 0 Å². The molecule has 1 amide bonds. The van der Waals surface area contributed by atoms with Crippen molar-refractivity contribution in [1.29, 1.82) is 5.41 Å². The molecular weight excluding hydrogens is 518 g/mol. The molecule has 4 rings (SSSR count). The fourth-order valence-corrected chi connectivity index (χ4v) is 3.53. The number of carbonyl (C=O) groups excluding carboxylic acids is 1. The number of carbonyl (C=O) groups is 1. The predicted molar refractivity (Wildman–Crippen MR) is 147 cm³/mol. The monoisotopic (exact) mass is 545 g/mol. The standard InChI is InChI=1S/C27H27N7O6/c1-5-39-23(14-31-19-13-29-15-33-27(19)38-4)25(28)26(35)34-24-7-6-16(12-32-24)40-20-8-9-30-18-11-22(37-3)21(36-2)10-17(18)20/h6-15,28,31H,5H2,1-4H3,(H,32,34,35)/b23-14+,28-25?. The van der Waals surface area contributed by atoms with Crippen molar-refractivity contribution in [2.24, 2.45) is 0 Å². The molecule has 0 aliphatic carbocycles. The van der Waals surface area contributed by atoms with Crippen molar-refractivity contribution in [2.45, 2.75) is 6.92 Å². The maximum atomic E-state index is 12.8. The molecule has 13 heteroatoms. The number of benzene rings is 1. The molecule has 0 saturated heterocycles. The normalized spacial score (nSPS) is 10.9. The number of rotatable bonds is 12. The lowest BCUT2D eigenvalue weighted by Gasteiger charge is -2.13. The van der Waals surface area contributed by atoms with E-state index in [-0.39, 0.29) is 18.2 Å². The lowest BCUT2D eigenvalue weighted by atomic mass is 10.2. The van der Waals surface area contributed by atoms with Crippen LogP contribution in [0.2, 0.25) is 0 Å². The molecule has 4 aromatic rings. The molecule has 0 saturated carbocycles. The first-order valence-corrected chi connectivity index (χ1v) is 12.0. The van der Waals surface area contributed by atoms with Gasteiger partial charge in [-0.15, -0.1) is 0 Å². The lowest BCUT2D eigenvalue weighted by molar-refractivity contribution is -0.110. The smallest absolute Gasteiger partial charge is 0.278 e. The fourth-order valence-electron chi connectivity index (χ4n) is 3.53. The molecule has 3 N–H and O–H groups in total. The summed E-state index contributed by atoms with van der Waals surface area (Å²) in [6, 6.07) is 8.46. The van der Waals surface area contributed by atoms with Gasteiger partial charge in [0.1, 0.15) is 29.3 Å². The summed E-state index contributed by atoms with van der Waals surface area (Å²) in [4.78, 5) is 29.3. The molecule has 40 heavy (non-hydrogen) atoms. The van der Waals surface area contributed by atoms with Crippen molar-refractivity contribution in [3.63, 3.8) is 0 Å². The largest absolute Gasteiger partial charge is 0.493 e. The molecule has 0 atom stereocenters. The Morgan fingerprint density at radius 1 is 0.975 bits per heavy atom. The van der Waals surface area contributed by atoms with Gasteiger partial charge in [0.05, 0.1) is 45.8 Å². The van der Waals surface area contributed by atoms with Crippen LogP contribution in [0.4, 0.5) is 11.5 Å². The SMILES string of the molecule is CCO/C(=C/Nc1cncnc1OC)C(=N)C(=O)Nc1ccc(Oc2ccnc3cc(OC)c(OC)cc23)cn1. The van der Waals surface area contributed by atoms with E-state index < -0.39 is 11.6 Å². The molecule has 0 unspecified atom stereocenters. The second-order valence-corrected chi connectivity index (χ2v) is 7.88. The Labute approximate surface area is 229 Å². The number of aromatic nitrogens is 4. The Kier molecular flexibility index (Phi) is 8.87. The Morgan fingerprint density at radius 3 is 2.48 bits per heavy atom. The quantitative estimate of drug-likeness (QED) is 0.173. The molecule has 0 aliphatic rings. The summed E-state index contributed by atoms with van der Waals surface area (Å²) in [5.74, 6) is 1.84. The van der Waals surface area contributed by atoms with Gasteiger partial charge in [0.25, 0.3) is 5.91 Å². The minimum atomic E-state index is -0.722. The average Bonchev–Trinajstić information content (AvgIpc) is 2.99. The van der Waals surface area contributed by atoms with Crippen molar-refractivity contribution in [2.75, 3.05) is 38.6 Å². The first-order valence-electron chi connectivity index (χ1n) is 12.0. The van der Waals surface area contributed by atoms with Crippen molar-refractivity contribution in [3.8, 4) is 28.9 Å². The molecule has 0 bridgehead atoms. The number of hydrogen-bond acceptors (Lipinski definition) is 12. The van der Waals surface area contributed by atoms with Gasteiger partial charge < -0.3 is 34.3 Å². The van der Waals surface area contributed by atoms with Gasteiger partial charge >= 0.3 is 0 Å². The Hall–Kier alpha value is -5.46. The summed E-state index contributed by atoms with van der Waals surface area (Å²) in [6.45, 7) is 1.97. The fraction of sp³-hybridized carbons (Fsp3) is 0.185. The van der Waals surface area contributed by atoms with E-state index in [0.29, 0.717) is 40.1 Å². The number of fused-ring (bicyclic) bond motifs is 1. The van der Waals surface area contributed by atoms with Gasteiger partial charge in [-0.2, -0.15) is 4.98 Å². The van der Waals surface area contributed by atoms with Crippen LogP contribution in [-0.4, -0.2) is 59.5 Å². The molecule has 0 aliphatic heterocycles. The number of pyridine rings is 2. The number of methoxy groups -OCH3 is 3. The van der Waals surface area contributed by atoms with Crippen LogP contribution in [0.15, 0.2) is 67.2 Å². The first kappa shape index (κ1) is 27.6. The van der Waals surface area contributed by atoms with Crippen LogP contribution >= 0.6 is 0 Å². The van der Waals surface area contributed by atoms with Gasteiger partial charge in [0, 0.05) is 23.8 Å². The van der Waals surface area contributed by atoms with E-state index in [1.54, 1.807) is 57.7 Å². The second-order valence-electron chi connectivity index (χ2n) is 7.88. The average molecular weight is 546 g/mol. The number of amides is 1. The molecule has 0 fully saturated rings. The number of hydrogen-bond donors (Lipinski definition) is 3. The highest BCUT2D eigenvalue weighted by atomic mass is 16.5. The molecule has 206 valence electrons. The number of nitrogens with one attached hydrogen (secondary N) is 3. The van der Waals surface area contributed by atoms with Crippen LogP contribution in [-0.2, 0) is 9.53 Å². The minimum absolute atomic E-state index is 0.00230. The summed E-state index contributed by atoms with van der Waals surface area (Å²) < 4.78 is 27.4. The van der Waals surface area contributed by atoms with Crippen LogP contribution in [0.1, 0.15) is 6.92 Å². The highest BCUT2D eigenvalue weighted by molar-refractivity contribution is 6.47.